The maximum Gasteiger partial charge on any atom is 0.268 e. The van der Waals surface area contributed by atoms with Crippen LogP contribution in [-0.4, -0.2) is 25.5 Å². The van der Waals surface area contributed by atoms with E-state index >= 15 is 0 Å². The van der Waals surface area contributed by atoms with Gasteiger partial charge in [-0.1, -0.05) is 11.3 Å². The van der Waals surface area contributed by atoms with E-state index in [-0.39, 0.29) is 5.91 Å². The number of aryl methyl sites for hydroxylation is 2. The van der Waals surface area contributed by atoms with Gasteiger partial charge >= 0.3 is 0 Å². The highest BCUT2D eigenvalue weighted by molar-refractivity contribution is 9.10. The number of nitrogens with one attached hydrogen (secondary N) is 1. The number of hydrogen-bond acceptors (Lipinski definition) is 5. The molecule has 3 aromatic heterocycles. The van der Waals surface area contributed by atoms with Crippen LogP contribution < -0.4 is 5.32 Å². The Labute approximate surface area is 127 Å². The summed E-state index contributed by atoms with van der Waals surface area (Å²) in [5.41, 5.74) is 0.835. The van der Waals surface area contributed by atoms with Crippen molar-refractivity contribution >= 4 is 44.0 Å². The summed E-state index contributed by atoms with van der Waals surface area (Å²) < 4.78 is 2.73. The number of carbonyl (C=O) groups excluding carboxylic acids is 1. The second-order valence-electron chi connectivity index (χ2n) is 4.20. The van der Waals surface area contributed by atoms with Crippen molar-refractivity contribution in [2.75, 3.05) is 5.32 Å². The number of aromatic nitrogens is 4. The van der Waals surface area contributed by atoms with E-state index in [1.807, 2.05) is 24.3 Å². The van der Waals surface area contributed by atoms with Gasteiger partial charge in [0.1, 0.15) is 16.5 Å². The third kappa shape index (κ3) is 2.20. The summed E-state index contributed by atoms with van der Waals surface area (Å²) in [5, 5.41) is 10.8. The number of fused-ring (bicyclic) bond motifs is 1. The number of amides is 1. The molecule has 6 nitrogen and oxygen atoms in total. The fourth-order valence-corrected chi connectivity index (χ4v) is 3.14. The lowest BCUT2D eigenvalue weighted by atomic mass is 10.3. The molecule has 0 aliphatic heterocycles. The van der Waals surface area contributed by atoms with Gasteiger partial charge in [-0.05, 0) is 41.9 Å². The van der Waals surface area contributed by atoms with E-state index in [9.17, 15) is 4.79 Å². The van der Waals surface area contributed by atoms with Crippen molar-refractivity contribution in [3.05, 3.63) is 39.2 Å². The third-order valence-corrected chi connectivity index (χ3v) is 4.43. The molecule has 3 rings (SSSR count). The summed E-state index contributed by atoms with van der Waals surface area (Å²) in [6.45, 7) is 3.74. The number of pyridine rings is 1. The molecular formula is C12H10BrN5OS. The van der Waals surface area contributed by atoms with Crippen molar-refractivity contribution in [1.82, 2.24) is 19.6 Å². The summed E-state index contributed by atoms with van der Waals surface area (Å²) in [5.74, 6) is 1.10. The number of anilines is 1. The summed E-state index contributed by atoms with van der Waals surface area (Å²) >= 11 is 4.62. The zero-order valence-electron chi connectivity index (χ0n) is 10.7. The maximum atomic E-state index is 12.3. The van der Waals surface area contributed by atoms with Crippen LogP contribution in [0.1, 0.15) is 21.2 Å². The Morgan fingerprint density at radius 2 is 2.15 bits per heavy atom. The number of halogens is 1. The Kier molecular flexibility index (Phi) is 3.27. The standard InChI is InChI=1S/C12H10BrN5OS/c1-6-10(20-12-17-16-7(2)18(6)12)11(19)15-9-4-3-8(13)5-14-9/h3-5H,1-2H3,(H,14,15,19). The van der Waals surface area contributed by atoms with Gasteiger partial charge in [-0.15, -0.1) is 10.2 Å². The van der Waals surface area contributed by atoms with Crippen molar-refractivity contribution in [3.63, 3.8) is 0 Å². The Hall–Kier alpha value is -1.80. The van der Waals surface area contributed by atoms with E-state index in [0.717, 1.165) is 16.0 Å². The molecule has 1 amide bonds. The first kappa shape index (κ1) is 13.2. The van der Waals surface area contributed by atoms with Crippen LogP contribution in [0.15, 0.2) is 22.8 Å². The molecule has 3 heterocycles. The molecule has 0 bridgehead atoms. The smallest absolute Gasteiger partial charge is 0.268 e. The van der Waals surface area contributed by atoms with Gasteiger partial charge in [0.15, 0.2) is 0 Å². The van der Waals surface area contributed by atoms with E-state index in [4.69, 9.17) is 0 Å². The van der Waals surface area contributed by atoms with Crippen LogP contribution in [0.4, 0.5) is 5.82 Å². The van der Waals surface area contributed by atoms with Crippen molar-refractivity contribution in [3.8, 4) is 0 Å². The normalized spacial score (nSPS) is 10.9. The molecule has 0 atom stereocenters. The Morgan fingerprint density at radius 1 is 1.35 bits per heavy atom. The minimum Gasteiger partial charge on any atom is -0.306 e. The lowest BCUT2D eigenvalue weighted by molar-refractivity contribution is 0.102. The van der Waals surface area contributed by atoms with Gasteiger partial charge in [-0.25, -0.2) is 4.98 Å². The summed E-state index contributed by atoms with van der Waals surface area (Å²) in [6, 6.07) is 3.56. The highest BCUT2D eigenvalue weighted by Crippen LogP contribution is 2.23. The largest absolute Gasteiger partial charge is 0.306 e. The van der Waals surface area contributed by atoms with Crippen LogP contribution in [0.2, 0.25) is 0 Å². The number of hydrogen-bond donors (Lipinski definition) is 1. The lowest BCUT2D eigenvalue weighted by Gasteiger charge is -2.03. The van der Waals surface area contributed by atoms with Gasteiger partial charge in [-0.2, -0.15) is 0 Å². The molecule has 0 aromatic carbocycles. The van der Waals surface area contributed by atoms with Crippen molar-refractivity contribution in [2.24, 2.45) is 0 Å². The van der Waals surface area contributed by atoms with Gasteiger partial charge in [0.25, 0.3) is 5.91 Å². The quantitative estimate of drug-likeness (QED) is 0.770. The van der Waals surface area contributed by atoms with Gasteiger partial charge in [0.2, 0.25) is 4.96 Å². The van der Waals surface area contributed by atoms with Crippen LogP contribution in [-0.2, 0) is 0 Å². The molecule has 0 fully saturated rings. The highest BCUT2D eigenvalue weighted by Gasteiger charge is 2.18. The maximum absolute atomic E-state index is 12.3. The number of carbonyl (C=O) groups is 1. The van der Waals surface area contributed by atoms with E-state index in [2.05, 4.69) is 36.4 Å². The Morgan fingerprint density at radius 3 is 2.80 bits per heavy atom. The van der Waals surface area contributed by atoms with Crippen LogP contribution in [0.5, 0.6) is 0 Å². The summed E-state index contributed by atoms with van der Waals surface area (Å²) in [6.07, 6.45) is 1.64. The van der Waals surface area contributed by atoms with Crippen LogP contribution in [0.25, 0.3) is 4.96 Å². The fourth-order valence-electron chi connectivity index (χ4n) is 1.90. The second-order valence-corrected chi connectivity index (χ2v) is 6.09. The summed E-state index contributed by atoms with van der Waals surface area (Å²) in [7, 11) is 0. The molecule has 0 saturated heterocycles. The minimum atomic E-state index is -0.188. The lowest BCUT2D eigenvalue weighted by Crippen LogP contribution is -2.13. The third-order valence-electron chi connectivity index (χ3n) is 2.83. The Balaban J connectivity index is 1.92. The van der Waals surface area contributed by atoms with Crippen molar-refractivity contribution in [2.45, 2.75) is 13.8 Å². The zero-order chi connectivity index (χ0) is 14.3. The number of rotatable bonds is 2. The van der Waals surface area contributed by atoms with Crippen molar-refractivity contribution in [1.29, 1.82) is 0 Å². The molecule has 20 heavy (non-hydrogen) atoms. The van der Waals surface area contributed by atoms with Crippen molar-refractivity contribution < 1.29 is 4.79 Å². The Bertz CT molecular complexity index is 792. The summed E-state index contributed by atoms with van der Waals surface area (Å²) in [4.78, 5) is 17.7. The van der Waals surface area contributed by atoms with Gasteiger partial charge in [-0.3, -0.25) is 9.20 Å². The molecule has 1 N–H and O–H groups in total. The molecule has 0 aliphatic rings. The molecule has 0 saturated carbocycles. The number of thiazole rings is 1. The van der Waals surface area contributed by atoms with Crippen LogP contribution in [0.3, 0.4) is 0 Å². The van der Waals surface area contributed by atoms with E-state index in [1.54, 1.807) is 12.3 Å². The molecular weight excluding hydrogens is 342 g/mol. The predicted molar refractivity (Wildman–Crippen MR) is 80.2 cm³/mol. The molecule has 0 unspecified atom stereocenters. The van der Waals surface area contributed by atoms with E-state index in [0.29, 0.717) is 15.7 Å². The zero-order valence-corrected chi connectivity index (χ0v) is 13.1. The predicted octanol–water partition coefficient (Wildman–Crippen LogP) is 2.82. The topological polar surface area (TPSA) is 72.2 Å². The molecule has 3 aromatic rings. The average Bonchev–Trinajstić information content (AvgIpc) is 2.94. The van der Waals surface area contributed by atoms with Crippen LogP contribution >= 0.6 is 27.3 Å². The van der Waals surface area contributed by atoms with E-state index in [1.165, 1.54) is 11.3 Å². The SMILES string of the molecule is Cc1nnc2sc(C(=O)Nc3ccc(Br)cn3)c(C)n12. The van der Waals surface area contributed by atoms with E-state index < -0.39 is 0 Å². The highest BCUT2D eigenvalue weighted by atomic mass is 79.9. The second kappa shape index (κ2) is 4.95. The van der Waals surface area contributed by atoms with Crippen LogP contribution in [0, 0.1) is 13.8 Å². The first-order valence-electron chi connectivity index (χ1n) is 5.80. The minimum absolute atomic E-state index is 0.188. The monoisotopic (exact) mass is 351 g/mol. The molecule has 0 spiro atoms. The average molecular weight is 352 g/mol. The first-order chi connectivity index (χ1) is 9.56. The fraction of sp³-hybridized carbons (Fsp3) is 0.167. The first-order valence-corrected chi connectivity index (χ1v) is 7.41. The van der Waals surface area contributed by atoms with Gasteiger partial charge in [0.05, 0.1) is 0 Å². The molecule has 0 aliphatic carbocycles. The van der Waals surface area contributed by atoms with Gasteiger partial charge < -0.3 is 5.32 Å². The molecule has 8 heteroatoms. The molecule has 0 radical (unpaired) electrons. The van der Waals surface area contributed by atoms with Gasteiger partial charge in [0, 0.05) is 16.4 Å². The molecule has 102 valence electrons. The number of nitrogens with zero attached hydrogens (tertiary/aromatic N) is 4.